The first kappa shape index (κ1) is 30.7. The fourth-order valence-electron chi connectivity index (χ4n) is 7.71. The van der Waals surface area contributed by atoms with Gasteiger partial charge >= 0.3 is 5.69 Å². The Balaban J connectivity index is 1.85. The van der Waals surface area contributed by atoms with E-state index in [1.165, 1.54) is 32.0 Å². The summed E-state index contributed by atoms with van der Waals surface area (Å²) in [6.45, 7) is 3.09. The van der Waals surface area contributed by atoms with Crippen LogP contribution in [-0.2, 0) is 20.8 Å². The molecule has 4 atom stereocenters. The maximum atomic E-state index is 14.4. The number of phenolic OH excluding ortho intramolecular Hbond substituents is 1. The number of likely N-dealkylation sites (N-methyl/N-ethyl adjacent to an activating group) is 1. The molecule has 44 heavy (non-hydrogen) atoms. The van der Waals surface area contributed by atoms with E-state index in [0.717, 1.165) is 5.69 Å². The van der Waals surface area contributed by atoms with Gasteiger partial charge in [0.25, 0.3) is 5.91 Å². The second kappa shape index (κ2) is 9.63. The Morgan fingerprint density at radius 1 is 1.07 bits per heavy atom. The van der Waals surface area contributed by atoms with Crippen LogP contribution < -0.4 is 10.6 Å². The van der Waals surface area contributed by atoms with Crippen molar-refractivity contribution >= 4 is 34.6 Å². The molecular formula is C31H34N4O9. The predicted octanol–water partition coefficient (Wildman–Crippen LogP) is 2.39. The molecule has 0 radical (unpaired) electrons. The summed E-state index contributed by atoms with van der Waals surface area (Å²) in [5.74, 6) is -6.34. The number of aromatic hydroxyl groups is 1. The molecule has 3 aliphatic rings. The number of carbonyl (C=O) groups excluding carboxylic acids is 3. The van der Waals surface area contributed by atoms with Crippen LogP contribution in [-0.4, -0.2) is 87.6 Å². The molecule has 0 unspecified atom stereocenters. The van der Waals surface area contributed by atoms with Crippen LogP contribution in [0.25, 0.3) is 16.9 Å². The zero-order chi connectivity index (χ0) is 32.8. The molecule has 5 rings (SSSR count). The Morgan fingerprint density at radius 2 is 1.66 bits per heavy atom. The van der Waals surface area contributed by atoms with Gasteiger partial charge in [-0.05, 0) is 55.8 Å². The minimum atomic E-state index is -2.89. The summed E-state index contributed by atoms with van der Waals surface area (Å²) in [4.78, 5) is 54.8. The third-order valence-corrected chi connectivity index (χ3v) is 9.50. The average molecular weight is 607 g/mol. The number of amides is 1. The average Bonchev–Trinajstić information content (AvgIpc) is 2.90. The molecule has 6 N–H and O–H groups in total. The smallest absolute Gasteiger partial charge is 0.312 e. The lowest BCUT2D eigenvalue weighted by Gasteiger charge is -2.59. The molecule has 0 heterocycles. The van der Waals surface area contributed by atoms with Gasteiger partial charge in [0.1, 0.15) is 17.1 Å². The Labute approximate surface area is 252 Å². The third kappa shape index (κ3) is 3.82. The number of rotatable bonds is 5. The molecule has 1 saturated carbocycles. The SMILES string of the molecule is CN(C)c1ccc(-c2cc([N+](=O)[O-])c(O)c3c2C[C@@]2(C)C[C@@]4(C)[C@H](N(C)C)C(=O)C(C(N)=O)=C(O)[C@@]4(O)C(=O)C2=C3O)cc1. The number of hydrogen-bond donors (Lipinski definition) is 5. The van der Waals surface area contributed by atoms with Crippen molar-refractivity contribution in [1.82, 2.24) is 4.90 Å². The summed E-state index contributed by atoms with van der Waals surface area (Å²) >= 11 is 0. The standard InChI is InChI=1S/C31H34N4O9/c1-29-12-17-16(14-7-9-15(10-8-14)33(3)4)11-18(35(43)44)22(36)19(17)23(37)21(29)27(40)31(42)26(39)20(28(32)41)24(38)25(34(5)6)30(31,2)13-29/h7-11,25,36-37,39,42H,12-13H2,1-6H3,(H2,32,41)/t25-,29+,30+,31-/m1/s1. The van der Waals surface area contributed by atoms with Gasteiger partial charge in [0.05, 0.1) is 16.5 Å². The van der Waals surface area contributed by atoms with Crippen molar-refractivity contribution < 1.29 is 39.7 Å². The summed E-state index contributed by atoms with van der Waals surface area (Å²) in [5, 5.41) is 58.2. The number of nitro groups is 1. The zero-order valence-electron chi connectivity index (χ0n) is 25.1. The van der Waals surface area contributed by atoms with E-state index in [9.17, 15) is 44.9 Å². The molecule has 232 valence electrons. The Morgan fingerprint density at radius 3 is 2.16 bits per heavy atom. The van der Waals surface area contributed by atoms with E-state index in [-0.39, 0.29) is 18.4 Å². The van der Waals surface area contributed by atoms with Crippen molar-refractivity contribution in [3.63, 3.8) is 0 Å². The maximum absolute atomic E-state index is 14.4. The van der Waals surface area contributed by atoms with Crippen LogP contribution in [0, 0.1) is 20.9 Å². The van der Waals surface area contributed by atoms with Crippen molar-refractivity contribution in [2.75, 3.05) is 33.1 Å². The quantitative estimate of drug-likeness (QED) is 0.190. The number of carbonyl (C=O) groups is 3. The van der Waals surface area contributed by atoms with E-state index in [1.54, 1.807) is 31.2 Å². The lowest BCUT2D eigenvalue weighted by Crippen LogP contribution is -2.72. The van der Waals surface area contributed by atoms with Crippen LogP contribution in [0.4, 0.5) is 11.4 Å². The summed E-state index contributed by atoms with van der Waals surface area (Å²) in [5.41, 5.74) is -0.870. The highest BCUT2D eigenvalue weighted by Crippen LogP contribution is 2.64. The van der Waals surface area contributed by atoms with Crippen LogP contribution in [0.1, 0.15) is 31.4 Å². The van der Waals surface area contributed by atoms with Crippen LogP contribution >= 0.6 is 0 Å². The van der Waals surface area contributed by atoms with Crippen molar-refractivity contribution in [3.05, 3.63) is 68.5 Å². The number of nitro benzene ring substituents is 1. The van der Waals surface area contributed by atoms with E-state index >= 15 is 0 Å². The number of Topliss-reactive ketones (excluding diaryl/α,β-unsaturated/α-hetero) is 2. The molecule has 2 aromatic rings. The van der Waals surface area contributed by atoms with Gasteiger partial charge in [-0.15, -0.1) is 0 Å². The molecule has 13 heteroatoms. The van der Waals surface area contributed by atoms with Gasteiger partial charge in [0.15, 0.2) is 11.4 Å². The molecule has 2 aromatic carbocycles. The Kier molecular flexibility index (Phi) is 6.72. The first-order valence-electron chi connectivity index (χ1n) is 13.8. The second-order valence-electron chi connectivity index (χ2n) is 12.8. The zero-order valence-corrected chi connectivity index (χ0v) is 25.1. The number of ketones is 2. The number of phenols is 1. The number of aliphatic hydroxyl groups excluding tert-OH is 2. The molecule has 0 saturated heterocycles. The summed E-state index contributed by atoms with van der Waals surface area (Å²) in [6.07, 6.45) is -0.209. The lowest BCUT2D eigenvalue weighted by atomic mass is 9.46. The molecule has 0 aromatic heterocycles. The first-order chi connectivity index (χ1) is 20.3. The fraction of sp³-hybridized carbons (Fsp3) is 0.387. The largest absolute Gasteiger partial charge is 0.508 e. The van der Waals surface area contributed by atoms with Crippen LogP contribution in [0.2, 0.25) is 0 Å². The highest BCUT2D eigenvalue weighted by molar-refractivity contribution is 6.25. The van der Waals surface area contributed by atoms with E-state index in [1.807, 2.05) is 19.0 Å². The van der Waals surface area contributed by atoms with Gasteiger partial charge in [0.2, 0.25) is 11.5 Å². The van der Waals surface area contributed by atoms with E-state index in [4.69, 9.17) is 5.73 Å². The number of nitrogens with zero attached hydrogens (tertiary/aromatic N) is 3. The first-order valence-corrected chi connectivity index (χ1v) is 13.8. The number of benzene rings is 2. The van der Waals surface area contributed by atoms with Gasteiger partial charge < -0.3 is 31.1 Å². The van der Waals surface area contributed by atoms with Gasteiger partial charge in [-0.25, -0.2) is 0 Å². The Hall–Kier alpha value is -4.75. The summed E-state index contributed by atoms with van der Waals surface area (Å²) < 4.78 is 0. The number of anilines is 1. The molecule has 0 aliphatic heterocycles. The number of primary amides is 1. The number of hydrogen-bond acceptors (Lipinski definition) is 11. The van der Waals surface area contributed by atoms with Crippen LogP contribution in [0.15, 0.2) is 47.2 Å². The third-order valence-electron chi connectivity index (χ3n) is 9.50. The fourth-order valence-corrected chi connectivity index (χ4v) is 7.71. The minimum Gasteiger partial charge on any atom is -0.508 e. The molecular weight excluding hydrogens is 572 g/mol. The minimum absolute atomic E-state index is 0.0447. The van der Waals surface area contributed by atoms with E-state index < -0.39 is 79.0 Å². The van der Waals surface area contributed by atoms with Crippen molar-refractivity contribution in [2.24, 2.45) is 16.6 Å². The lowest BCUT2D eigenvalue weighted by molar-refractivity contribution is -0.385. The molecule has 13 nitrogen and oxygen atoms in total. The van der Waals surface area contributed by atoms with Gasteiger partial charge in [-0.2, -0.15) is 0 Å². The highest BCUT2D eigenvalue weighted by Gasteiger charge is 2.72. The van der Waals surface area contributed by atoms with E-state index in [0.29, 0.717) is 16.7 Å². The van der Waals surface area contributed by atoms with Crippen molar-refractivity contribution in [1.29, 1.82) is 0 Å². The Bertz CT molecular complexity index is 1740. The molecule has 3 aliphatic carbocycles. The molecule has 0 spiro atoms. The highest BCUT2D eigenvalue weighted by atomic mass is 16.6. The molecule has 1 fully saturated rings. The number of aliphatic hydroxyl groups is 3. The maximum Gasteiger partial charge on any atom is 0.312 e. The van der Waals surface area contributed by atoms with Crippen LogP contribution in [0.3, 0.4) is 0 Å². The summed E-state index contributed by atoms with van der Waals surface area (Å²) in [6, 6.07) is 7.01. The van der Waals surface area contributed by atoms with Crippen molar-refractivity contribution in [2.45, 2.75) is 38.3 Å². The van der Waals surface area contributed by atoms with Gasteiger partial charge in [-0.1, -0.05) is 26.0 Å². The normalized spacial score (nSPS) is 28.0. The van der Waals surface area contributed by atoms with Gasteiger partial charge in [0, 0.05) is 42.3 Å². The summed E-state index contributed by atoms with van der Waals surface area (Å²) in [7, 11) is 6.75. The topological polar surface area (TPSA) is 208 Å². The van der Waals surface area contributed by atoms with Crippen LogP contribution in [0.5, 0.6) is 5.75 Å². The number of fused-ring (bicyclic) bond motifs is 3. The van der Waals surface area contributed by atoms with Gasteiger partial charge in [-0.3, -0.25) is 29.4 Å². The predicted molar refractivity (Wildman–Crippen MR) is 160 cm³/mol. The molecule has 0 bridgehead atoms. The second-order valence-corrected chi connectivity index (χ2v) is 12.8. The van der Waals surface area contributed by atoms with Crippen molar-refractivity contribution in [3.8, 4) is 16.9 Å². The molecule has 1 amide bonds. The monoisotopic (exact) mass is 606 g/mol. The number of nitrogens with two attached hydrogens (primary N) is 1. The van der Waals surface area contributed by atoms with E-state index in [2.05, 4.69) is 0 Å².